The van der Waals surface area contributed by atoms with E-state index in [-0.39, 0.29) is 5.91 Å². The topological polar surface area (TPSA) is 44.8 Å². The van der Waals surface area contributed by atoms with Crippen molar-refractivity contribution in [3.8, 4) is 0 Å². The summed E-state index contributed by atoms with van der Waals surface area (Å²) in [7, 11) is 0. The van der Waals surface area contributed by atoms with Gasteiger partial charge in [-0.15, -0.1) is 0 Å². The van der Waals surface area contributed by atoms with Crippen LogP contribution in [-0.2, 0) is 24.4 Å². The summed E-state index contributed by atoms with van der Waals surface area (Å²) in [5.74, 6) is -0.0185. The van der Waals surface area contributed by atoms with Crippen LogP contribution in [0.25, 0.3) is 0 Å². The molecule has 0 aliphatic carbocycles. The number of hydrogen-bond donors (Lipinski definition) is 1. The molecule has 1 unspecified atom stereocenters. The van der Waals surface area contributed by atoms with Crippen LogP contribution in [0, 0.1) is 0 Å². The lowest BCUT2D eigenvalue weighted by molar-refractivity contribution is 0.0342. The zero-order valence-electron chi connectivity index (χ0n) is 18.7. The van der Waals surface area contributed by atoms with E-state index in [0.717, 1.165) is 50.5 Å². The summed E-state index contributed by atoms with van der Waals surface area (Å²) in [5.41, 5.74) is 4.38. The molecule has 1 amide bonds. The van der Waals surface area contributed by atoms with E-state index in [2.05, 4.69) is 52.4 Å². The molecule has 2 aromatic carbocycles. The largest absolute Gasteiger partial charge is 0.379 e. The second-order valence-electron chi connectivity index (χ2n) is 8.90. The minimum atomic E-state index is -0.0185. The van der Waals surface area contributed by atoms with Gasteiger partial charge >= 0.3 is 0 Å². The van der Waals surface area contributed by atoms with E-state index < -0.39 is 0 Å². The third-order valence-electron chi connectivity index (χ3n) is 6.50. The first-order chi connectivity index (χ1) is 15.2. The lowest BCUT2D eigenvalue weighted by Crippen LogP contribution is -2.36. The van der Waals surface area contributed by atoms with Crippen LogP contribution < -0.4 is 5.32 Å². The Morgan fingerprint density at radius 2 is 1.74 bits per heavy atom. The highest BCUT2D eigenvalue weighted by Gasteiger charge is 2.18. The van der Waals surface area contributed by atoms with Gasteiger partial charge in [-0.3, -0.25) is 14.6 Å². The van der Waals surface area contributed by atoms with Crippen molar-refractivity contribution in [2.45, 2.75) is 51.9 Å². The first-order valence-electron chi connectivity index (χ1n) is 11.7. The van der Waals surface area contributed by atoms with E-state index in [9.17, 15) is 4.79 Å². The van der Waals surface area contributed by atoms with E-state index in [1.165, 1.54) is 36.9 Å². The molecule has 5 nitrogen and oxygen atoms in total. The van der Waals surface area contributed by atoms with Gasteiger partial charge in [-0.1, -0.05) is 42.8 Å². The Labute approximate surface area is 186 Å². The fraction of sp³-hybridized carbons (Fsp3) is 0.500. The Balaban J connectivity index is 1.27. The summed E-state index contributed by atoms with van der Waals surface area (Å²) in [4.78, 5) is 17.6. The molecule has 2 aliphatic heterocycles. The van der Waals surface area contributed by atoms with Crippen LogP contribution >= 0.6 is 0 Å². The molecule has 2 aliphatic rings. The van der Waals surface area contributed by atoms with Gasteiger partial charge in [0.25, 0.3) is 5.91 Å². The van der Waals surface area contributed by atoms with Crippen molar-refractivity contribution < 1.29 is 9.53 Å². The zero-order chi connectivity index (χ0) is 21.5. The summed E-state index contributed by atoms with van der Waals surface area (Å²) in [6, 6.07) is 17.3. The second kappa shape index (κ2) is 10.9. The molecule has 0 spiro atoms. The number of hydrogen-bond acceptors (Lipinski definition) is 4. The smallest absolute Gasteiger partial charge is 0.251 e. The van der Waals surface area contributed by atoms with Crippen LogP contribution in [-0.4, -0.2) is 54.6 Å². The van der Waals surface area contributed by atoms with Crippen LogP contribution in [0.2, 0.25) is 0 Å². The fourth-order valence-corrected chi connectivity index (χ4v) is 4.50. The third kappa shape index (κ3) is 6.39. The number of morpholine rings is 1. The van der Waals surface area contributed by atoms with Crippen molar-refractivity contribution in [1.82, 2.24) is 15.1 Å². The maximum Gasteiger partial charge on any atom is 0.251 e. The quantitative estimate of drug-likeness (QED) is 0.738. The number of carbonyl (C=O) groups excluding carboxylic acids is 1. The van der Waals surface area contributed by atoms with Crippen LogP contribution in [0.5, 0.6) is 0 Å². The van der Waals surface area contributed by atoms with Crippen LogP contribution in [0.1, 0.15) is 53.2 Å². The predicted molar refractivity (Wildman–Crippen MR) is 124 cm³/mol. The first-order valence-corrected chi connectivity index (χ1v) is 11.7. The molecule has 0 saturated carbocycles. The fourth-order valence-electron chi connectivity index (χ4n) is 4.50. The molecule has 1 N–H and O–H groups in total. The van der Waals surface area contributed by atoms with E-state index in [1.54, 1.807) is 0 Å². The molecule has 2 saturated heterocycles. The highest BCUT2D eigenvalue weighted by atomic mass is 16.5. The van der Waals surface area contributed by atoms with Gasteiger partial charge < -0.3 is 10.1 Å². The Bertz CT molecular complexity index is 846. The number of amides is 1. The standard InChI is InChI=1S/C26H35N3O2/c1-21-5-2-3-12-29(21)20-23-10-8-22(9-11-23)18-27-26(30)25-7-4-6-24(17-25)19-28-13-15-31-16-14-28/h4,6-11,17,21H,2-3,5,12-16,18-20H2,1H3,(H,27,30). The van der Waals surface area contributed by atoms with Crippen molar-refractivity contribution >= 4 is 5.91 Å². The average Bonchev–Trinajstić information content (AvgIpc) is 2.81. The maximum atomic E-state index is 12.7. The van der Waals surface area contributed by atoms with Crippen molar-refractivity contribution in [3.05, 3.63) is 70.8 Å². The van der Waals surface area contributed by atoms with Crippen molar-refractivity contribution in [1.29, 1.82) is 0 Å². The van der Waals surface area contributed by atoms with Crippen LogP contribution in [0.15, 0.2) is 48.5 Å². The van der Waals surface area contributed by atoms with Gasteiger partial charge in [-0.05, 0) is 55.1 Å². The number of rotatable bonds is 7. The minimum absolute atomic E-state index is 0.0185. The number of likely N-dealkylation sites (tertiary alicyclic amines) is 1. The molecule has 2 heterocycles. The highest BCUT2D eigenvalue weighted by Crippen LogP contribution is 2.19. The van der Waals surface area contributed by atoms with Gasteiger partial charge in [0.05, 0.1) is 13.2 Å². The molecular weight excluding hydrogens is 386 g/mol. The Morgan fingerprint density at radius 3 is 2.52 bits per heavy atom. The second-order valence-corrected chi connectivity index (χ2v) is 8.90. The first kappa shape index (κ1) is 22.0. The highest BCUT2D eigenvalue weighted by molar-refractivity contribution is 5.94. The number of benzene rings is 2. The number of nitrogens with one attached hydrogen (secondary N) is 1. The van der Waals surface area contributed by atoms with Crippen molar-refractivity contribution in [3.63, 3.8) is 0 Å². The van der Waals surface area contributed by atoms with Gasteiger partial charge in [0.15, 0.2) is 0 Å². The molecule has 2 fully saturated rings. The maximum absolute atomic E-state index is 12.7. The van der Waals surface area contributed by atoms with E-state index >= 15 is 0 Å². The number of ether oxygens (including phenoxy) is 1. The summed E-state index contributed by atoms with van der Waals surface area (Å²) in [6.07, 6.45) is 3.96. The molecule has 0 aromatic heterocycles. The lowest BCUT2D eigenvalue weighted by Gasteiger charge is -2.33. The minimum Gasteiger partial charge on any atom is -0.379 e. The summed E-state index contributed by atoms with van der Waals surface area (Å²) in [6.45, 7) is 9.43. The molecule has 5 heteroatoms. The van der Waals surface area contributed by atoms with Crippen molar-refractivity contribution in [2.24, 2.45) is 0 Å². The predicted octanol–water partition coefficient (Wildman–Crippen LogP) is 3.82. The Kier molecular flexibility index (Phi) is 7.73. The SMILES string of the molecule is CC1CCCCN1Cc1ccc(CNC(=O)c2cccc(CN3CCOCC3)c2)cc1. The van der Waals surface area contributed by atoms with Crippen LogP contribution in [0.3, 0.4) is 0 Å². The number of piperidine rings is 1. The average molecular weight is 422 g/mol. The van der Waals surface area contributed by atoms with E-state index in [0.29, 0.717) is 12.6 Å². The molecule has 31 heavy (non-hydrogen) atoms. The molecule has 0 bridgehead atoms. The van der Waals surface area contributed by atoms with Gasteiger partial charge in [0.1, 0.15) is 0 Å². The van der Waals surface area contributed by atoms with Crippen molar-refractivity contribution in [2.75, 3.05) is 32.8 Å². The molecular formula is C26H35N3O2. The molecule has 4 rings (SSSR count). The molecule has 2 aromatic rings. The van der Waals surface area contributed by atoms with E-state index in [4.69, 9.17) is 4.74 Å². The third-order valence-corrected chi connectivity index (χ3v) is 6.50. The molecule has 1 atom stereocenters. The number of nitrogens with zero attached hydrogens (tertiary/aromatic N) is 2. The Hall–Kier alpha value is -2.21. The summed E-state index contributed by atoms with van der Waals surface area (Å²) in [5, 5.41) is 3.07. The Morgan fingerprint density at radius 1 is 0.968 bits per heavy atom. The van der Waals surface area contributed by atoms with Gasteiger partial charge in [0.2, 0.25) is 0 Å². The number of carbonyl (C=O) groups is 1. The van der Waals surface area contributed by atoms with Gasteiger partial charge in [0, 0.05) is 44.3 Å². The zero-order valence-corrected chi connectivity index (χ0v) is 18.7. The van der Waals surface area contributed by atoms with E-state index in [1.807, 2.05) is 18.2 Å². The van der Waals surface area contributed by atoms with Gasteiger partial charge in [-0.25, -0.2) is 0 Å². The summed E-state index contributed by atoms with van der Waals surface area (Å²) >= 11 is 0. The molecule has 0 radical (unpaired) electrons. The van der Waals surface area contributed by atoms with Gasteiger partial charge in [-0.2, -0.15) is 0 Å². The molecule has 166 valence electrons. The monoisotopic (exact) mass is 421 g/mol. The van der Waals surface area contributed by atoms with Crippen LogP contribution in [0.4, 0.5) is 0 Å². The normalized spacial score (nSPS) is 20.5. The lowest BCUT2D eigenvalue weighted by atomic mass is 10.0. The summed E-state index contributed by atoms with van der Waals surface area (Å²) < 4.78 is 5.42.